The van der Waals surface area contributed by atoms with E-state index >= 15 is 0 Å². The number of unbranched alkanes of at least 4 members (excludes halogenated alkanes) is 9. The van der Waals surface area contributed by atoms with Gasteiger partial charge in [-0.1, -0.05) is 107 Å². The number of fused-ring (bicyclic) bond motifs is 2. The van der Waals surface area contributed by atoms with E-state index in [1.165, 1.54) is 95.5 Å². The Morgan fingerprint density at radius 3 is 2.15 bits per heavy atom. The lowest BCUT2D eigenvalue weighted by molar-refractivity contribution is 0.194. The fraction of sp³-hybridized carbons (Fsp3) is 0.692. The SMILES string of the molecule is CCCCCCCCCCCCC1=CC2CCC(C1)N2Cc1ccccc1. The molecule has 0 spiro atoms. The molecule has 2 heterocycles. The summed E-state index contributed by atoms with van der Waals surface area (Å²) in [6, 6.07) is 12.5. The maximum absolute atomic E-state index is 2.76. The molecule has 0 saturated carbocycles. The molecule has 2 atom stereocenters. The predicted molar refractivity (Wildman–Crippen MR) is 118 cm³/mol. The van der Waals surface area contributed by atoms with Crippen LogP contribution in [0.15, 0.2) is 42.0 Å². The molecule has 0 aliphatic carbocycles. The van der Waals surface area contributed by atoms with Gasteiger partial charge in [-0.2, -0.15) is 0 Å². The molecule has 1 heteroatoms. The molecule has 27 heavy (non-hydrogen) atoms. The molecule has 3 rings (SSSR count). The predicted octanol–water partition coefficient (Wildman–Crippen LogP) is 7.66. The molecule has 1 aromatic rings. The van der Waals surface area contributed by atoms with Crippen molar-refractivity contribution < 1.29 is 0 Å². The molecule has 0 radical (unpaired) electrons. The Morgan fingerprint density at radius 1 is 0.815 bits per heavy atom. The second-order valence-corrected chi connectivity index (χ2v) is 8.92. The van der Waals surface area contributed by atoms with Gasteiger partial charge in [0.2, 0.25) is 0 Å². The van der Waals surface area contributed by atoms with Gasteiger partial charge in [-0.05, 0) is 37.7 Å². The third-order valence-electron chi connectivity index (χ3n) is 6.68. The lowest BCUT2D eigenvalue weighted by atomic mass is 9.95. The van der Waals surface area contributed by atoms with Crippen molar-refractivity contribution in [2.24, 2.45) is 0 Å². The highest BCUT2D eigenvalue weighted by Crippen LogP contribution is 2.37. The zero-order chi connectivity index (χ0) is 18.7. The van der Waals surface area contributed by atoms with E-state index in [0.717, 1.165) is 12.6 Å². The first-order valence-corrected chi connectivity index (χ1v) is 11.9. The van der Waals surface area contributed by atoms with Gasteiger partial charge in [0.1, 0.15) is 0 Å². The molecule has 150 valence electrons. The summed E-state index contributed by atoms with van der Waals surface area (Å²) in [6.45, 7) is 3.44. The van der Waals surface area contributed by atoms with E-state index in [0.29, 0.717) is 6.04 Å². The van der Waals surface area contributed by atoms with Crippen LogP contribution in [0, 0.1) is 0 Å². The average molecular weight is 368 g/mol. The number of benzene rings is 1. The second-order valence-electron chi connectivity index (χ2n) is 8.92. The first kappa shape index (κ1) is 20.6. The van der Waals surface area contributed by atoms with E-state index < -0.39 is 0 Å². The van der Waals surface area contributed by atoms with E-state index in [9.17, 15) is 0 Å². The van der Waals surface area contributed by atoms with Crippen LogP contribution in [0.3, 0.4) is 0 Å². The van der Waals surface area contributed by atoms with Crippen molar-refractivity contribution in [2.75, 3.05) is 0 Å². The molecular weight excluding hydrogens is 326 g/mol. The molecule has 2 aliphatic heterocycles. The van der Waals surface area contributed by atoms with Crippen LogP contribution >= 0.6 is 0 Å². The minimum Gasteiger partial charge on any atom is -0.289 e. The first-order chi connectivity index (χ1) is 13.4. The largest absolute Gasteiger partial charge is 0.289 e. The molecule has 0 aromatic heterocycles. The highest BCUT2D eigenvalue weighted by atomic mass is 15.2. The molecule has 1 saturated heterocycles. The highest BCUT2D eigenvalue weighted by molar-refractivity contribution is 5.21. The Hall–Kier alpha value is -1.08. The van der Waals surface area contributed by atoms with E-state index in [1.54, 1.807) is 5.57 Å². The van der Waals surface area contributed by atoms with Crippen molar-refractivity contribution in [3.8, 4) is 0 Å². The Labute approximate surface area is 168 Å². The number of hydrogen-bond acceptors (Lipinski definition) is 1. The van der Waals surface area contributed by atoms with Crippen molar-refractivity contribution in [3.63, 3.8) is 0 Å². The van der Waals surface area contributed by atoms with Gasteiger partial charge in [0.05, 0.1) is 0 Å². The Kier molecular flexibility index (Phi) is 8.94. The minimum absolute atomic E-state index is 0.710. The lowest BCUT2D eigenvalue weighted by Crippen LogP contribution is -2.37. The summed E-state index contributed by atoms with van der Waals surface area (Å²) >= 11 is 0. The van der Waals surface area contributed by atoms with E-state index in [2.05, 4.69) is 48.2 Å². The van der Waals surface area contributed by atoms with Crippen LogP contribution in [-0.2, 0) is 6.54 Å². The zero-order valence-electron chi connectivity index (χ0n) is 17.7. The number of rotatable bonds is 13. The van der Waals surface area contributed by atoms with Crippen LogP contribution in [0.5, 0.6) is 0 Å². The van der Waals surface area contributed by atoms with Gasteiger partial charge >= 0.3 is 0 Å². The van der Waals surface area contributed by atoms with Crippen molar-refractivity contribution in [1.82, 2.24) is 4.90 Å². The molecule has 1 fully saturated rings. The highest BCUT2D eigenvalue weighted by Gasteiger charge is 2.35. The second kappa shape index (κ2) is 11.7. The summed E-state index contributed by atoms with van der Waals surface area (Å²) in [7, 11) is 0. The third-order valence-corrected chi connectivity index (χ3v) is 6.68. The summed E-state index contributed by atoms with van der Waals surface area (Å²) < 4.78 is 0. The van der Waals surface area contributed by atoms with Crippen LogP contribution in [0.25, 0.3) is 0 Å². The molecule has 2 aliphatic rings. The molecule has 0 N–H and O–H groups in total. The molecular formula is C26H41N. The lowest BCUT2D eigenvalue weighted by Gasteiger charge is -2.34. The Morgan fingerprint density at radius 2 is 1.48 bits per heavy atom. The Balaban J connectivity index is 1.29. The van der Waals surface area contributed by atoms with Crippen LogP contribution in [0.2, 0.25) is 0 Å². The van der Waals surface area contributed by atoms with Crippen LogP contribution in [0.4, 0.5) is 0 Å². The van der Waals surface area contributed by atoms with Gasteiger partial charge in [0, 0.05) is 18.6 Å². The summed E-state index contributed by atoms with van der Waals surface area (Å²) in [6.07, 6.45) is 22.5. The van der Waals surface area contributed by atoms with Gasteiger partial charge < -0.3 is 0 Å². The zero-order valence-corrected chi connectivity index (χ0v) is 17.7. The summed E-state index contributed by atoms with van der Waals surface area (Å²) in [5, 5.41) is 0. The topological polar surface area (TPSA) is 3.24 Å². The van der Waals surface area contributed by atoms with Crippen molar-refractivity contribution in [2.45, 2.75) is 115 Å². The smallest absolute Gasteiger partial charge is 0.0288 e. The maximum Gasteiger partial charge on any atom is 0.0288 e. The monoisotopic (exact) mass is 367 g/mol. The quantitative estimate of drug-likeness (QED) is 0.255. The fourth-order valence-electron chi connectivity index (χ4n) is 5.07. The average Bonchev–Trinajstić information content (AvgIpc) is 2.92. The van der Waals surface area contributed by atoms with Gasteiger partial charge in [-0.15, -0.1) is 0 Å². The summed E-state index contributed by atoms with van der Waals surface area (Å²) in [5.41, 5.74) is 3.24. The third kappa shape index (κ3) is 6.79. The van der Waals surface area contributed by atoms with Gasteiger partial charge in [0.15, 0.2) is 0 Å². The maximum atomic E-state index is 2.76. The minimum atomic E-state index is 0.710. The van der Waals surface area contributed by atoms with Crippen molar-refractivity contribution in [1.29, 1.82) is 0 Å². The van der Waals surface area contributed by atoms with Crippen molar-refractivity contribution in [3.05, 3.63) is 47.5 Å². The molecule has 1 aromatic carbocycles. The van der Waals surface area contributed by atoms with Gasteiger partial charge in [-0.3, -0.25) is 4.90 Å². The number of nitrogens with zero attached hydrogens (tertiary/aromatic N) is 1. The Bertz CT molecular complexity index is 547. The van der Waals surface area contributed by atoms with E-state index in [-0.39, 0.29) is 0 Å². The van der Waals surface area contributed by atoms with Crippen LogP contribution < -0.4 is 0 Å². The van der Waals surface area contributed by atoms with Gasteiger partial charge in [0.25, 0.3) is 0 Å². The van der Waals surface area contributed by atoms with Crippen LogP contribution in [0.1, 0.15) is 102 Å². The van der Waals surface area contributed by atoms with Gasteiger partial charge in [-0.25, -0.2) is 0 Å². The normalized spacial score (nSPS) is 22.2. The fourth-order valence-corrected chi connectivity index (χ4v) is 5.07. The van der Waals surface area contributed by atoms with Crippen molar-refractivity contribution >= 4 is 0 Å². The molecule has 2 unspecified atom stereocenters. The van der Waals surface area contributed by atoms with E-state index in [1.807, 2.05) is 0 Å². The van der Waals surface area contributed by atoms with E-state index in [4.69, 9.17) is 0 Å². The molecule has 0 amide bonds. The summed E-state index contributed by atoms with van der Waals surface area (Å²) in [4.78, 5) is 2.76. The molecule has 2 bridgehead atoms. The first-order valence-electron chi connectivity index (χ1n) is 11.9. The van der Waals surface area contributed by atoms with Crippen LogP contribution in [-0.4, -0.2) is 17.0 Å². The standard InChI is InChI=1S/C26H41N/c1-2-3-4-5-6-7-8-9-10-12-17-24-20-25-18-19-26(21-24)27(25)22-23-15-13-11-14-16-23/h11,13-16,20,25-26H,2-10,12,17-19,21-22H2,1H3. The molecule has 1 nitrogen and oxygen atoms in total. The number of hydrogen-bond donors (Lipinski definition) is 0. The summed E-state index contributed by atoms with van der Waals surface area (Å²) in [5.74, 6) is 0.